The Morgan fingerprint density at radius 1 is 0.700 bits per heavy atom. The molecule has 0 saturated carbocycles. The first-order chi connectivity index (χ1) is 2.45. The monoisotopic (exact) mass is 459 g/mol. The van der Waals surface area contributed by atoms with E-state index in [9.17, 15) is 0 Å². The van der Waals surface area contributed by atoms with Gasteiger partial charge in [-0.2, -0.15) is 0 Å². The molecule has 0 aromatic rings. The van der Waals surface area contributed by atoms with E-state index >= 15 is 0 Å². The summed E-state index contributed by atoms with van der Waals surface area (Å²) in [7, 11) is 25.0. The van der Waals surface area contributed by atoms with Gasteiger partial charge in [0.05, 0.1) is 0 Å². The van der Waals surface area contributed by atoms with Crippen LogP contribution < -0.4 is 12.3 Å². The van der Waals surface area contributed by atoms with Crippen LogP contribution in [0.1, 0.15) is 2.85 Å². The molecule has 0 heterocycles. The molecular weight excluding hydrogens is 452 g/mol. The van der Waals surface area contributed by atoms with Crippen LogP contribution in [0.25, 0.3) is 0 Å². The SMILES string of the molecule is [Cl][Pt-2]([Cl])([Cl])([Cl])([Cl])[Cl].[H+].[H+].[NH4+].[NH4+].[O-2]. The van der Waals surface area contributed by atoms with Crippen molar-refractivity contribution in [1.29, 1.82) is 0 Å². The van der Waals surface area contributed by atoms with Crippen molar-refractivity contribution in [1.82, 2.24) is 12.3 Å². The number of quaternary nitrogens is 2. The minimum atomic E-state index is -5.29. The van der Waals surface area contributed by atoms with E-state index in [1.54, 1.807) is 0 Å². The quantitative estimate of drug-likeness (QED) is 0.507. The van der Waals surface area contributed by atoms with E-state index in [1.807, 2.05) is 0 Å². The molecule has 0 saturated heterocycles. The zero-order valence-corrected chi connectivity index (χ0v) is 11.8. The Labute approximate surface area is 83.7 Å². The minimum Gasteiger partial charge on any atom is -2.00 e. The summed E-state index contributed by atoms with van der Waals surface area (Å²) in [5.41, 5.74) is 0. The van der Waals surface area contributed by atoms with E-state index in [2.05, 4.69) is 0 Å². The largest absolute Gasteiger partial charge is 2.00 e. The van der Waals surface area contributed by atoms with Crippen LogP contribution in [0, 0.1) is 0 Å². The molecule has 3 nitrogen and oxygen atoms in total. The van der Waals surface area contributed by atoms with Gasteiger partial charge in [-0.25, -0.2) is 0 Å². The smallest absolute Gasteiger partial charge is 1.00 e. The Bertz CT molecular complexity index is 82.1. The molecule has 0 unspecified atom stereocenters. The van der Waals surface area contributed by atoms with Crippen LogP contribution in [0.2, 0.25) is 0 Å². The van der Waals surface area contributed by atoms with Gasteiger partial charge in [0.15, 0.2) is 0 Å². The maximum absolute atomic E-state index is 5.29. The van der Waals surface area contributed by atoms with E-state index in [0.717, 1.165) is 0 Å². The molecular formula is H10Cl6N2OPt. The first-order valence-corrected chi connectivity index (χ1v) is 17.6. The second kappa shape index (κ2) is 4.01. The molecule has 0 aromatic carbocycles. The fraction of sp³-hybridized carbons (Fsp3) is 0. The molecule has 0 bridgehead atoms. The van der Waals surface area contributed by atoms with Crippen molar-refractivity contribution in [2.45, 2.75) is 0 Å². The van der Waals surface area contributed by atoms with E-state index in [-0.39, 0.29) is 20.6 Å². The topological polar surface area (TPSA) is 102 Å². The summed E-state index contributed by atoms with van der Waals surface area (Å²) in [6, 6.07) is 0. The van der Waals surface area contributed by atoms with Gasteiger partial charge in [-0.05, 0) is 0 Å². The molecule has 0 aromatic heterocycles. The van der Waals surface area contributed by atoms with Crippen LogP contribution in [0.15, 0.2) is 0 Å². The Kier molecular flexibility index (Phi) is 9.15. The fourth-order valence-corrected chi connectivity index (χ4v) is 0. The number of hydrogen-bond acceptors (Lipinski definition) is 0. The van der Waals surface area contributed by atoms with Crippen LogP contribution in [0.3, 0.4) is 0 Å². The predicted molar refractivity (Wildman–Crippen MR) is 50.0 cm³/mol. The Hall–Kier alpha value is 2.31. The number of hydrogen-bond donors (Lipinski definition) is 2. The summed E-state index contributed by atoms with van der Waals surface area (Å²) in [6.45, 7) is 0. The predicted octanol–water partition coefficient (Wildman–Crippen LogP) is 4.99. The van der Waals surface area contributed by atoms with Crippen molar-refractivity contribution in [3.05, 3.63) is 0 Å². The van der Waals surface area contributed by atoms with Crippen LogP contribution in [0.5, 0.6) is 0 Å². The third-order valence-electron chi connectivity index (χ3n) is 0. The third-order valence-corrected chi connectivity index (χ3v) is 0. The maximum Gasteiger partial charge on any atom is 1.00 e. The summed E-state index contributed by atoms with van der Waals surface area (Å²) < 4.78 is 0. The van der Waals surface area contributed by atoms with Gasteiger partial charge in [-0.1, -0.05) is 0 Å². The molecule has 0 fully saturated rings. The van der Waals surface area contributed by atoms with Crippen LogP contribution in [-0.4, -0.2) is 0 Å². The van der Waals surface area contributed by atoms with Gasteiger partial charge in [-0.3, -0.25) is 0 Å². The second-order valence-corrected chi connectivity index (χ2v) is 49.9. The summed E-state index contributed by atoms with van der Waals surface area (Å²) in [6.07, 6.45) is 0. The molecule has 0 radical (unpaired) electrons. The Balaban J connectivity index is -0.0000000180. The summed E-state index contributed by atoms with van der Waals surface area (Å²) in [5.74, 6) is 0. The zero-order chi connectivity index (χ0) is 6.41. The van der Waals surface area contributed by atoms with Crippen LogP contribution in [-0.2, 0) is 12.8 Å². The molecule has 0 aliphatic carbocycles. The first kappa shape index (κ1) is 22.8. The first-order valence-electron chi connectivity index (χ1n) is 0.717. The summed E-state index contributed by atoms with van der Waals surface area (Å²) in [4.78, 5) is 0. The van der Waals surface area contributed by atoms with Gasteiger partial charge in [0.2, 0.25) is 0 Å². The van der Waals surface area contributed by atoms with Gasteiger partial charge >= 0.3 is 66.7 Å². The molecule has 0 amide bonds. The summed E-state index contributed by atoms with van der Waals surface area (Å²) in [5, 5.41) is 0. The van der Waals surface area contributed by atoms with Gasteiger partial charge in [0.1, 0.15) is 0 Å². The van der Waals surface area contributed by atoms with Crippen LogP contribution >= 0.6 is 56.5 Å². The van der Waals surface area contributed by atoms with Crippen molar-refractivity contribution >= 4 is 56.5 Å². The molecule has 8 N–H and O–H groups in total. The van der Waals surface area contributed by atoms with Crippen molar-refractivity contribution in [2.75, 3.05) is 0 Å². The molecule has 0 atom stereocenters. The normalized spacial score (nSPS) is 16.2. The van der Waals surface area contributed by atoms with Gasteiger partial charge in [0, 0.05) is 0 Å². The van der Waals surface area contributed by atoms with Gasteiger partial charge < -0.3 is 17.8 Å². The molecule has 10 heteroatoms. The average Bonchev–Trinajstić information content (AvgIpc) is 0.592. The number of rotatable bonds is 0. The Morgan fingerprint density at radius 3 is 0.700 bits per heavy atom. The second-order valence-electron chi connectivity index (χ2n) is 0.678. The van der Waals surface area contributed by atoms with E-state index in [4.69, 9.17) is 56.5 Å². The van der Waals surface area contributed by atoms with E-state index in [0.29, 0.717) is 0 Å². The zero-order valence-electron chi connectivity index (χ0n) is 6.99. The van der Waals surface area contributed by atoms with Gasteiger partial charge in [-0.15, -0.1) is 0 Å². The molecule has 78 valence electrons. The molecule has 10 heavy (non-hydrogen) atoms. The molecule has 0 spiro atoms. The number of halogens is 6. The van der Waals surface area contributed by atoms with E-state index in [1.165, 1.54) is 0 Å². The van der Waals surface area contributed by atoms with Crippen molar-refractivity contribution in [2.24, 2.45) is 0 Å². The Morgan fingerprint density at radius 2 is 0.700 bits per heavy atom. The average molecular weight is 462 g/mol. The van der Waals surface area contributed by atoms with Crippen molar-refractivity contribution in [3.63, 3.8) is 0 Å². The van der Waals surface area contributed by atoms with Crippen molar-refractivity contribution in [3.8, 4) is 0 Å². The van der Waals surface area contributed by atoms with E-state index < -0.39 is 7.31 Å². The third kappa shape index (κ3) is 168. The molecule has 0 rings (SSSR count). The van der Waals surface area contributed by atoms with Crippen molar-refractivity contribution < 1.29 is 15.6 Å². The maximum atomic E-state index is 5.05. The standard InChI is InChI=1S/6ClH.2H3N.O.Pt/h6*1H;2*1H3;;/q;;;;;;;;-2;+4/p-2. The minimum absolute atomic E-state index is 0. The van der Waals surface area contributed by atoms with Crippen LogP contribution in [0.4, 0.5) is 0 Å². The summed E-state index contributed by atoms with van der Waals surface area (Å²) >= 11 is 0. The van der Waals surface area contributed by atoms with Gasteiger partial charge in [0.25, 0.3) is 0 Å². The molecule has 0 aliphatic heterocycles. The fourth-order valence-electron chi connectivity index (χ4n) is 0. The molecule has 0 aliphatic rings.